The largest absolute Gasteiger partial charge is 0.504 e. The number of amides is 1. The van der Waals surface area contributed by atoms with Crippen molar-refractivity contribution < 1.29 is 24.0 Å². The number of phenolic OH excluding ortho intramolecular Hbond substituents is 1. The van der Waals surface area contributed by atoms with E-state index in [1.54, 1.807) is 0 Å². The Morgan fingerprint density at radius 2 is 2.32 bits per heavy atom. The van der Waals surface area contributed by atoms with Crippen LogP contribution in [0.3, 0.4) is 0 Å². The van der Waals surface area contributed by atoms with Crippen LogP contribution in [0.5, 0.6) is 11.5 Å². The van der Waals surface area contributed by atoms with Crippen molar-refractivity contribution in [1.82, 2.24) is 5.43 Å². The average molecular weight is 305 g/mol. The van der Waals surface area contributed by atoms with Crippen LogP contribution in [0.25, 0.3) is 0 Å². The number of hydrogen-bond donors (Lipinski definition) is 2. The number of hydrazone groups is 1. The molecule has 9 nitrogen and oxygen atoms in total. The molecule has 1 aromatic heterocycles. The number of methoxy groups -OCH3 is 1. The van der Waals surface area contributed by atoms with Gasteiger partial charge < -0.3 is 14.3 Å². The highest BCUT2D eigenvalue weighted by atomic mass is 16.6. The Kier molecular flexibility index (Phi) is 4.37. The minimum Gasteiger partial charge on any atom is -0.504 e. The summed E-state index contributed by atoms with van der Waals surface area (Å²) in [6, 6.07) is 5.16. The summed E-state index contributed by atoms with van der Waals surface area (Å²) in [5.41, 5.74) is 1.90. The molecule has 0 saturated carbocycles. The number of rotatable bonds is 5. The first-order chi connectivity index (χ1) is 10.5. The minimum atomic E-state index is -0.638. The van der Waals surface area contributed by atoms with E-state index in [9.17, 15) is 20.0 Å². The zero-order valence-electron chi connectivity index (χ0n) is 11.3. The fourth-order valence-electron chi connectivity index (χ4n) is 1.60. The molecule has 1 aromatic carbocycles. The molecule has 0 bridgehead atoms. The van der Waals surface area contributed by atoms with Gasteiger partial charge in [0.15, 0.2) is 17.3 Å². The highest BCUT2D eigenvalue weighted by Crippen LogP contribution is 2.33. The summed E-state index contributed by atoms with van der Waals surface area (Å²) in [5.74, 6) is -0.951. The third kappa shape index (κ3) is 3.20. The van der Waals surface area contributed by atoms with Gasteiger partial charge in [-0.1, -0.05) is 0 Å². The molecule has 0 radical (unpaired) electrons. The minimum absolute atomic E-state index is 0.0193. The molecule has 2 rings (SSSR count). The summed E-state index contributed by atoms with van der Waals surface area (Å²) in [5, 5.41) is 24.3. The quantitative estimate of drug-likeness (QED) is 0.491. The summed E-state index contributed by atoms with van der Waals surface area (Å²) < 4.78 is 9.71. The van der Waals surface area contributed by atoms with Crippen molar-refractivity contribution in [2.75, 3.05) is 7.11 Å². The summed E-state index contributed by atoms with van der Waals surface area (Å²) in [4.78, 5) is 21.7. The van der Waals surface area contributed by atoms with Crippen LogP contribution < -0.4 is 10.2 Å². The van der Waals surface area contributed by atoms with Crippen LogP contribution in [0.1, 0.15) is 16.1 Å². The third-order valence-electron chi connectivity index (χ3n) is 2.63. The second-order valence-electron chi connectivity index (χ2n) is 4.02. The number of nitro benzene ring substituents is 1. The second-order valence-corrected chi connectivity index (χ2v) is 4.02. The number of carbonyl (C=O) groups is 1. The van der Waals surface area contributed by atoms with Crippen LogP contribution in [-0.4, -0.2) is 29.3 Å². The highest BCUT2D eigenvalue weighted by Gasteiger charge is 2.16. The molecule has 0 aliphatic heterocycles. The van der Waals surface area contributed by atoms with Crippen molar-refractivity contribution in [2.45, 2.75) is 0 Å². The van der Waals surface area contributed by atoms with Crippen LogP contribution in [0.2, 0.25) is 0 Å². The van der Waals surface area contributed by atoms with E-state index in [4.69, 9.17) is 9.15 Å². The molecule has 114 valence electrons. The standard InChI is InChI=1S/C13H11N3O6/c1-21-11-6-9(16(19)20)5-8(12(11)17)7-14-15-13(18)10-3-2-4-22-10/h2-7,17H,1H3,(H,15,18)/b14-7+. The lowest BCUT2D eigenvalue weighted by Gasteiger charge is -2.05. The van der Waals surface area contributed by atoms with Gasteiger partial charge in [0.2, 0.25) is 0 Å². The Morgan fingerprint density at radius 1 is 1.55 bits per heavy atom. The molecular formula is C13H11N3O6. The van der Waals surface area contributed by atoms with Gasteiger partial charge in [0.1, 0.15) is 0 Å². The fourth-order valence-corrected chi connectivity index (χ4v) is 1.60. The highest BCUT2D eigenvalue weighted by molar-refractivity contribution is 5.93. The van der Waals surface area contributed by atoms with Crippen molar-refractivity contribution >= 4 is 17.8 Å². The van der Waals surface area contributed by atoms with Crippen molar-refractivity contribution in [2.24, 2.45) is 5.10 Å². The molecule has 1 heterocycles. The van der Waals surface area contributed by atoms with Crippen LogP contribution in [0, 0.1) is 10.1 Å². The number of furan rings is 1. The Labute approximate surface area is 124 Å². The first-order valence-electron chi connectivity index (χ1n) is 5.95. The first-order valence-corrected chi connectivity index (χ1v) is 5.95. The summed E-state index contributed by atoms with van der Waals surface area (Å²) in [6.07, 6.45) is 2.39. The topological polar surface area (TPSA) is 127 Å². The number of non-ortho nitro benzene ring substituents is 1. The summed E-state index contributed by atoms with van der Waals surface area (Å²) >= 11 is 0. The van der Waals surface area contributed by atoms with Gasteiger partial charge in [-0.05, 0) is 12.1 Å². The molecule has 9 heteroatoms. The number of aromatic hydroxyl groups is 1. The second kappa shape index (κ2) is 6.39. The average Bonchev–Trinajstić information content (AvgIpc) is 3.03. The smallest absolute Gasteiger partial charge is 0.307 e. The number of nitro groups is 1. The monoisotopic (exact) mass is 305 g/mol. The molecule has 0 spiro atoms. The van der Waals surface area contributed by atoms with Gasteiger partial charge in [-0.25, -0.2) is 5.43 Å². The van der Waals surface area contributed by atoms with E-state index in [1.165, 1.54) is 25.5 Å². The van der Waals surface area contributed by atoms with Crippen molar-refractivity contribution in [3.05, 3.63) is 52.0 Å². The van der Waals surface area contributed by atoms with E-state index in [1.807, 2.05) is 0 Å². The molecule has 0 saturated heterocycles. The SMILES string of the molecule is COc1cc([N+](=O)[O-])cc(/C=N/NC(=O)c2ccco2)c1O. The number of phenols is 1. The van der Waals surface area contributed by atoms with E-state index < -0.39 is 10.8 Å². The predicted molar refractivity (Wildman–Crippen MR) is 75.1 cm³/mol. The lowest BCUT2D eigenvalue weighted by molar-refractivity contribution is -0.385. The molecule has 0 fully saturated rings. The molecule has 1 amide bonds. The number of nitrogens with one attached hydrogen (secondary N) is 1. The Hall–Kier alpha value is -3.36. The van der Waals surface area contributed by atoms with Crippen molar-refractivity contribution in [3.8, 4) is 11.5 Å². The zero-order valence-corrected chi connectivity index (χ0v) is 11.3. The molecule has 0 aliphatic rings. The Morgan fingerprint density at radius 3 is 2.91 bits per heavy atom. The van der Waals surface area contributed by atoms with E-state index in [0.29, 0.717) is 0 Å². The molecule has 0 unspecified atom stereocenters. The predicted octanol–water partition coefficient (Wildman–Crippen LogP) is 1.67. The summed E-state index contributed by atoms with van der Waals surface area (Å²) in [6.45, 7) is 0. The van der Waals surface area contributed by atoms with Crippen LogP contribution >= 0.6 is 0 Å². The summed E-state index contributed by atoms with van der Waals surface area (Å²) in [7, 11) is 1.26. The normalized spacial score (nSPS) is 10.6. The fraction of sp³-hybridized carbons (Fsp3) is 0.0769. The first kappa shape index (κ1) is 15.0. The molecule has 0 aliphatic carbocycles. The van der Waals surface area contributed by atoms with E-state index in [-0.39, 0.29) is 28.5 Å². The van der Waals surface area contributed by atoms with Gasteiger partial charge in [0, 0.05) is 11.6 Å². The van der Waals surface area contributed by atoms with E-state index in [0.717, 1.165) is 18.3 Å². The van der Waals surface area contributed by atoms with Crippen LogP contribution in [-0.2, 0) is 0 Å². The van der Waals surface area contributed by atoms with Crippen molar-refractivity contribution in [1.29, 1.82) is 0 Å². The van der Waals surface area contributed by atoms with Gasteiger partial charge in [-0.3, -0.25) is 14.9 Å². The van der Waals surface area contributed by atoms with Crippen LogP contribution in [0.4, 0.5) is 5.69 Å². The maximum atomic E-state index is 11.6. The van der Waals surface area contributed by atoms with Crippen molar-refractivity contribution in [3.63, 3.8) is 0 Å². The Balaban J connectivity index is 2.21. The van der Waals surface area contributed by atoms with Gasteiger partial charge in [-0.2, -0.15) is 5.10 Å². The number of carbonyl (C=O) groups excluding carboxylic acids is 1. The zero-order chi connectivity index (χ0) is 16.1. The molecule has 0 atom stereocenters. The van der Waals surface area contributed by atoms with Crippen LogP contribution in [0.15, 0.2) is 40.0 Å². The van der Waals surface area contributed by atoms with Gasteiger partial charge >= 0.3 is 5.91 Å². The van der Waals surface area contributed by atoms with Gasteiger partial charge in [0.25, 0.3) is 5.69 Å². The number of nitrogens with zero attached hydrogens (tertiary/aromatic N) is 2. The molecular weight excluding hydrogens is 294 g/mol. The van der Waals surface area contributed by atoms with Gasteiger partial charge in [0.05, 0.1) is 30.6 Å². The lowest BCUT2D eigenvalue weighted by Crippen LogP contribution is -2.16. The third-order valence-corrected chi connectivity index (χ3v) is 2.63. The maximum Gasteiger partial charge on any atom is 0.307 e. The molecule has 2 N–H and O–H groups in total. The number of ether oxygens (including phenoxy) is 1. The van der Waals surface area contributed by atoms with E-state index >= 15 is 0 Å². The lowest BCUT2D eigenvalue weighted by atomic mass is 10.2. The number of hydrogen-bond acceptors (Lipinski definition) is 7. The Bertz CT molecular complexity index is 724. The van der Waals surface area contributed by atoms with Gasteiger partial charge in [-0.15, -0.1) is 0 Å². The van der Waals surface area contributed by atoms with E-state index in [2.05, 4.69) is 10.5 Å². The maximum absolute atomic E-state index is 11.6. The molecule has 22 heavy (non-hydrogen) atoms. The molecule has 2 aromatic rings. The number of benzene rings is 1.